The number of nitrogens with zero attached hydrogens (tertiary/aromatic N) is 1. The number of nitrogens with two attached hydrogens (primary N) is 1. The minimum absolute atomic E-state index is 0.523. The second-order valence-electron chi connectivity index (χ2n) is 2.28. The Bertz CT molecular complexity index is 437. The summed E-state index contributed by atoms with van der Waals surface area (Å²) in [5.74, 6) is 0.701. The first-order valence-corrected chi connectivity index (χ1v) is 5.74. The van der Waals surface area contributed by atoms with Crippen LogP contribution in [0.15, 0.2) is 25.0 Å². The number of nitrogen functional groups attached to an aromatic ring is 1. The molecular weight excluding hydrogens is 320 g/mol. The van der Waals surface area contributed by atoms with Crippen LogP contribution in [0.4, 0.5) is 5.13 Å². The van der Waals surface area contributed by atoms with Crippen molar-refractivity contribution in [2.24, 2.45) is 0 Å². The smallest absolute Gasteiger partial charge is 0.181 e. The van der Waals surface area contributed by atoms with E-state index in [0.29, 0.717) is 15.6 Å². The van der Waals surface area contributed by atoms with E-state index in [9.17, 15) is 0 Å². The molecule has 0 bridgehead atoms. The topological polar surface area (TPSA) is 52.0 Å². The SMILES string of the molecule is Nc1nc(-c2ccc(Br)o2)c(Br)s1. The number of furan rings is 1. The van der Waals surface area contributed by atoms with E-state index in [1.165, 1.54) is 11.3 Å². The summed E-state index contributed by atoms with van der Waals surface area (Å²) in [4.78, 5) is 4.13. The standard InChI is InChI=1S/C7H4Br2N2OS/c8-4-2-1-3(12-4)5-6(9)13-7(10)11-5/h1-2H,(H2,10,11). The Labute approximate surface area is 95.2 Å². The molecule has 0 radical (unpaired) electrons. The summed E-state index contributed by atoms with van der Waals surface area (Å²) in [6.07, 6.45) is 0. The predicted octanol–water partition coefficient (Wildman–Crippen LogP) is 3.51. The van der Waals surface area contributed by atoms with Crippen LogP contribution in [0.25, 0.3) is 11.5 Å². The van der Waals surface area contributed by atoms with Gasteiger partial charge in [0.15, 0.2) is 15.6 Å². The molecule has 0 aromatic carbocycles. The van der Waals surface area contributed by atoms with Gasteiger partial charge in [0.1, 0.15) is 9.48 Å². The van der Waals surface area contributed by atoms with Crippen molar-refractivity contribution < 1.29 is 4.42 Å². The highest BCUT2D eigenvalue weighted by Crippen LogP contribution is 2.35. The molecule has 2 N–H and O–H groups in total. The van der Waals surface area contributed by atoms with Gasteiger partial charge in [-0.1, -0.05) is 11.3 Å². The minimum atomic E-state index is 0.523. The van der Waals surface area contributed by atoms with Gasteiger partial charge in [0.05, 0.1) is 0 Å². The molecule has 0 aliphatic carbocycles. The van der Waals surface area contributed by atoms with E-state index in [1.54, 1.807) is 0 Å². The average molecular weight is 324 g/mol. The molecule has 2 heterocycles. The van der Waals surface area contributed by atoms with Gasteiger partial charge in [-0.3, -0.25) is 0 Å². The van der Waals surface area contributed by atoms with Gasteiger partial charge in [-0.05, 0) is 44.0 Å². The number of aromatic nitrogens is 1. The Hall–Kier alpha value is -0.330. The maximum absolute atomic E-state index is 5.55. The Morgan fingerprint density at radius 1 is 1.38 bits per heavy atom. The van der Waals surface area contributed by atoms with Crippen molar-refractivity contribution in [1.29, 1.82) is 0 Å². The van der Waals surface area contributed by atoms with Crippen molar-refractivity contribution >= 4 is 48.3 Å². The van der Waals surface area contributed by atoms with E-state index < -0.39 is 0 Å². The molecule has 0 atom stereocenters. The maximum atomic E-state index is 5.55. The molecule has 0 saturated heterocycles. The fourth-order valence-corrected chi connectivity index (χ4v) is 2.56. The van der Waals surface area contributed by atoms with Gasteiger partial charge in [0.2, 0.25) is 0 Å². The predicted molar refractivity (Wildman–Crippen MR) is 59.6 cm³/mol. The van der Waals surface area contributed by atoms with Crippen LogP contribution in [0, 0.1) is 0 Å². The summed E-state index contributed by atoms with van der Waals surface area (Å²) in [7, 11) is 0. The fraction of sp³-hybridized carbons (Fsp3) is 0. The third-order valence-corrected chi connectivity index (χ3v) is 3.37. The zero-order valence-electron chi connectivity index (χ0n) is 6.25. The zero-order valence-corrected chi connectivity index (χ0v) is 10.2. The first kappa shape index (κ1) is 9.23. The summed E-state index contributed by atoms with van der Waals surface area (Å²) in [5, 5.41) is 0.523. The highest BCUT2D eigenvalue weighted by Gasteiger charge is 2.12. The van der Waals surface area contributed by atoms with Crippen LogP contribution in [0.3, 0.4) is 0 Å². The molecule has 13 heavy (non-hydrogen) atoms. The molecular formula is C7H4Br2N2OS. The number of rotatable bonds is 1. The molecule has 0 unspecified atom stereocenters. The molecule has 0 amide bonds. The third-order valence-electron chi connectivity index (χ3n) is 1.41. The Kier molecular flexibility index (Phi) is 2.44. The van der Waals surface area contributed by atoms with Gasteiger partial charge < -0.3 is 10.2 Å². The summed E-state index contributed by atoms with van der Waals surface area (Å²) in [5.41, 5.74) is 6.29. The summed E-state index contributed by atoms with van der Waals surface area (Å²) in [6, 6.07) is 3.65. The van der Waals surface area contributed by atoms with E-state index in [-0.39, 0.29) is 0 Å². The molecule has 0 aliphatic rings. The number of thiazole rings is 1. The highest BCUT2D eigenvalue weighted by molar-refractivity contribution is 9.11. The van der Waals surface area contributed by atoms with E-state index in [1.807, 2.05) is 12.1 Å². The Morgan fingerprint density at radius 2 is 2.15 bits per heavy atom. The monoisotopic (exact) mass is 322 g/mol. The number of halogens is 2. The van der Waals surface area contributed by atoms with Crippen LogP contribution in [-0.2, 0) is 0 Å². The van der Waals surface area contributed by atoms with Crippen LogP contribution >= 0.6 is 43.2 Å². The van der Waals surface area contributed by atoms with E-state index in [2.05, 4.69) is 36.8 Å². The molecule has 0 aliphatic heterocycles. The Morgan fingerprint density at radius 3 is 2.62 bits per heavy atom. The van der Waals surface area contributed by atoms with Gasteiger partial charge in [-0.25, -0.2) is 4.98 Å². The minimum Gasteiger partial charge on any atom is -0.448 e. The zero-order chi connectivity index (χ0) is 9.42. The van der Waals surface area contributed by atoms with Crippen molar-refractivity contribution in [2.45, 2.75) is 0 Å². The molecule has 68 valence electrons. The average Bonchev–Trinajstić information content (AvgIpc) is 2.58. The van der Waals surface area contributed by atoms with Gasteiger partial charge in [0, 0.05) is 0 Å². The molecule has 0 spiro atoms. The van der Waals surface area contributed by atoms with E-state index in [4.69, 9.17) is 10.2 Å². The lowest BCUT2D eigenvalue weighted by atomic mass is 10.4. The second kappa shape index (κ2) is 3.43. The van der Waals surface area contributed by atoms with Crippen LogP contribution in [0.1, 0.15) is 0 Å². The Balaban J connectivity index is 2.51. The largest absolute Gasteiger partial charge is 0.448 e. The molecule has 2 aromatic rings. The number of hydrogen-bond acceptors (Lipinski definition) is 4. The highest BCUT2D eigenvalue weighted by atomic mass is 79.9. The van der Waals surface area contributed by atoms with Crippen LogP contribution in [0.5, 0.6) is 0 Å². The molecule has 6 heteroatoms. The molecule has 0 fully saturated rings. The van der Waals surface area contributed by atoms with Gasteiger partial charge >= 0.3 is 0 Å². The lowest BCUT2D eigenvalue weighted by molar-refractivity contribution is 0.554. The van der Waals surface area contributed by atoms with E-state index >= 15 is 0 Å². The summed E-state index contributed by atoms with van der Waals surface area (Å²) in [6.45, 7) is 0. The first-order chi connectivity index (χ1) is 6.16. The second-order valence-corrected chi connectivity index (χ2v) is 5.41. The maximum Gasteiger partial charge on any atom is 0.181 e. The normalized spacial score (nSPS) is 10.6. The van der Waals surface area contributed by atoms with Gasteiger partial charge in [-0.15, -0.1) is 0 Å². The number of hydrogen-bond donors (Lipinski definition) is 1. The molecule has 0 saturated carbocycles. The quantitative estimate of drug-likeness (QED) is 0.873. The lowest BCUT2D eigenvalue weighted by Gasteiger charge is -1.89. The first-order valence-electron chi connectivity index (χ1n) is 3.34. The van der Waals surface area contributed by atoms with Crippen molar-refractivity contribution in [2.75, 3.05) is 5.73 Å². The van der Waals surface area contributed by atoms with Crippen LogP contribution in [-0.4, -0.2) is 4.98 Å². The lowest BCUT2D eigenvalue weighted by Crippen LogP contribution is -1.81. The summed E-state index contributed by atoms with van der Waals surface area (Å²) >= 11 is 7.97. The van der Waals surface area contributed by atoms with Crippen molar-refractivity contribution in [3.05, 3.63) is 20.6 Å². The van der Waals surface area contributed by atoms with Crippen molar-refractivity contribution in [3.8, 4) is 11.5 Å². The van der Waals surface area contributed by atoms with Crippen LogP contribution in [0.2, 0.25) is 0 Å². The fourth-order valence-electron chi connectivity index (χ4n) is 0.911. The molecule has 3 nitrogen and oxygen atoms in total. The third kappa shape index (κ3) is 1.79. The van der Waals surface area contributed by atoms with Gasteiger partial charge in [-0.2, -0.15) is 0 Å². The van der Waals surface area contributed by atoms with Gasteiger partial charge in [0.25, 0.3) is 0 Å². The van der Waals surface area contributed by atoms with Crippen molar-refractivity contribution in [1.82, 2.24) is 4.98 Å². The van der Waals surface area contributed by atoms with E-state index in [0.717, 1.165) is 9.48 Å². The van der Waals surface area contributed by atoms with Crippen LogP contribution < -0.4 is 5.73 Å². The van der Waals surface area contributed by atoms with Crippen molar-refractivity contribution in [3.63, 3.8) is 0 Å². The molecule has 2 aromatic heterocycles. The number of anilines is 1. The molecule has 2 rings (SSSR count). The summed E-state index contributed by atoms with van der Waals surface area (Å²) < 4.78 is 6.90.